The van der Waals surface area contributed by atoms with Crippen molar-refractivity contribution < 1.29 is 0 Å². The van der Waals surface area contributed by atoms with Gasteiger partial charge in [0.25, 0.3) is 0 Å². The van der Waals surface area contributed by atoms with Gasteiger partial charge < -0.3 is 0 Å². The maximum Gasteiger partial charge on any atom is 0.0886 e. The summed E-state index contributed by atoms with van der Waals surface area (Å²) in [5.41, 5.74) is 2.63. The van der Waals surface area contributed by atoms with Crippen molar-refractivity contribution in [2.45, 2.75) is 6.92 Å². The van der Waals surface area contributed by atoms with Gasteiger partial charge in [-0.2, -0.15) is 10.2 Å². The van der Waals surface area contributed by atoms with E-state index in [9.17, 15) is 0 Å². The van der Waals surface area contributed by atoms with Crippen molar-refractivity contribution >= 4 is 34.6 Å². The standard InChI is InChI=1S/C13H10Cl2N2/c1-9-2-4-12(5-3-9)16-17-13-7-10(14)6-11(15)8-13/h2-8H,1H3. The molecule has 0 bridgehead atoms. The molecule has 0 heterocycles. The molecule has 86 valence electrons. The topological polar surface area (TPSA) is 24.7 Å². The Hall–Kier alpha value is -1.38. The summed E-state index contributed by atoms with van der Waals surface area (Å²) in [5.74, 6) is 0. The zero-order valence-electron chi connectivity index (χ0n) is 9.19. The lowest BCUT2D eigenvalue weighted by Crippen LogP contribution is -1.69. The molecule has 0 unspecified atom stereocenters. The third-order valence-corrected chi connectivity index (χ3v) is 2.60. The highest BCUT2D eigenvalue weighted by Gasteiger charge is 1.96. The fraction of sp³-hybridized carbons (Fsp3) is 0.0769. The van der Waals surface area contributed by atoms with Crippen LogP contribution in [0.3, 0.4) is 0 Å². The Labute approximate surface area is 110 Å². The van der Waals surface area contributed by atoms with E-state index in [0.717, 1.165) is 5.69 Å². The van der Waals surface area contributed by atoms with Crippen molar-refractivity contribution in [1.82, 2.24) is 0 Å². The summed E-state index contributed by atoms with van der Waals surface area (Å²) in [4.78, 5) is 0. The van der Waals surface area contributed by atoms with Gasteiger partial charge in [-0.15, -0.1) is 0 Å². The van der Waals surface area contributed by atoms with Crippen molar-refractivity contribution in [3.8, 4) is 0 Å². The van der Waals surface area contributed by atoms with Crippen LogP contribution in [-0.4, -0.2) is 0 Å². The first kappa shape index (κ1) is 12.1. The fourth-order valence-corrected chi connectivity index (χ4v) is 1.84. The summed E-state index contributed by atoms with van der Waals surface area (Å²) in [6.07, 6.45) is 0. The number of azo groups is 1. The summed E-state index contributed by atoms with van der Waals surface area (Å²) in [6.45, 7) is 2.03. The molecule has 2 aromatic rings. The number of benzene rings is 2. The van der Waals surface area contributed by atoms with Crippen LogP contribution in [0, 0.1) is 6.92 Å². The van der Waals surface area contributed by atoms with Crippen LogP contribution in [0.25, 0.3) is 0 Å². The number of hydrogen-bond donors (Lipinski definition) is 0. The van der Waals surface area contributed by atoms with E-state index in [4.69, 9.17) is 23.2 Å². The summed E-state index contributed by atoms with van der Waals surface area (Å²) < 4.78 is 0. The highest BCUT2D eigenvalue weighted by atomic mass is 35.5. The van der Waals surface area contributed by atoms with Gasteiger partial charge in [0.15, 0.2) is 0 Å². The second-order valence-corrected chi connectivity index (χ2v) is 4.54. The van der Waals surface area contributed by atoms with E-state index in [-0.39, 0.29) is 0 Å². The van der Waals surface area contributed by atoms with Gasteiger partial charge in [0, 0.05) is 10.0 Å². The number of aryl methyl sites for hydroxylation is 1. The van der Waals surface area contributed by atoms with Crippen LogP contribution in [0.5, 0.6) is 0 Å². The Morgan fingerprint density at radius 1 is 0.765 bits per heavy atom. The van der Waals surface area contributed by atoms with E-state index in [1.54, 1.807) is 18.2 Å². The lowest BCUT2D eigenvalue weighted by molar-refractivity contribution is 1.23. The molecule has 2 rings (SSSR count). The van der Waals surface area contributed by atoms with Crippen LogP contribution in [-0.2, 0) is 0 Å². The van der Waals surface area contributed by atoms with Gasteiger partial charge in [-0.3, -0.25) is 0 Å². The van der Waals surface area contributed by atoms with Gasteiger partial charge in [-0.05, 0) is 37.3 Å². The Morgan fingerprint density at radius 2 is 1.29 bits per heavy atom. The predicted molar refractivity (Wildman–Crippen MR) is 71.8 cm³/mol. The number of halogens is 2. The first-order valence-electron chi connectivity index (χ1n) is 5.08. The maximum atomic E-state index is 5.87. The average Bonchev–Trinajstić information content (AvgIpc) is 2.27. The Kier molecular flexibility index (Phi) is 3.77. The minimum absolute atomic E-state index is 0.551. The van der Waals surface area contributed by atoms with Crippen LogP contribution in [0.15, 0.2) is 52.7 Å². The van der Waals surface area contributed by atoms with Crippen molar-refractivity contribution in [2.24, 2.45) is 10.2 Å². The normalized spacial score (nSPS) is 11.0. The van der Waals surface area contributed by atoms with Gasteiger partial charge in [0.05, 0.1) is 11.4 Å². The molecular formula is C13H10Cl2N2. The van der Waals surface area contributed by atoms with E-state index >= 15 is 0 Å². The largest absolute Gasteiger partial charge is 0.151 e. The molecule has 0 saturated heterocycles. The summed E-state index contributed by atoms with van der Waals surface area (Å²) in [5, 5.41) is 9.29. The SMILES string of the molecule is Cc1ccc(N=Nc2cc(Cl)cc(Cl)c2)cc1. The van der Waals surface area contributed by atoms with Crippen LogP contribution in [0.2, 0.25) is 10.0 Å². The Bertz CT molecular complexity index is 528. The van der Waals surface area contributed by atoms with Gasteiger partial charge in [0.1, 0.15) is 0 Å². The summed E-state index contributed by atoms with van der Waals surface area (Å²) in [7, 11) is 0. The summed E-state index contributed by atoms with van der Waals surface area (Å²) >= 11 is 11.7. The minimum atomic E-state index is 0.551. The molecule has 17 heavy (non-hydrogen) atoms. The maximum absolute atomic E-state index is 5.87. The zero-order valence-corrected chi connectivity index (χ0v) is 10.7. The van der Waals surface area contributed by atoms with Gasteiger partial charge >= 0.3 is 0 Å². The Balaban J connectivity index is 2.22. The molecule has 0 radical (unpaired) electrons. The van der Waals surface area contributed by atoms with Gasteiger partial charge in [-0.1, -0.05) is 40.9 Å². The van der Waals surface area contributed by atoms with Crippen molar-refractivity contribution in [1.29, 1.82) is 0 Å². The first-order chi connectivity index (χ1) is 8.13. The first-order valence-corrected chi connectivity index (χ1v) is 5.83. The molecule has 0 amide bonds. The van der Waals surface area contributed by atoms with Gasteiger partial charge in [0.2, 0.25) is 0 Å². The van der Waals surface area contributed by atoms with E-state index in [0.29, 0.717) is 15.7 Å². The van der Waals surface area contributed by atoms with Crippen LogP contribution >= 0.6 is 23.2 Å². The molecule has 0 aromatic heterocycles. The number of hydrogen-bond acceptors (Lipinski definition) is 2. The quantitative estimate of drug-likeness (QED) is 0.620. The number of rotatable bonds is 2. The lowest BCUT2D eigenvalue weighted by Gasteiger charge is -1.96. The van der Waals surface area contributed by atoms with E-state index in [2.05, 4.69) is 10.2 Å². The number of nitrogens with zero attached hydrogens (tertiary/aromatic N) is 2. The highest BCUT2D eigenvalue weighted by molar-refractivity contribution is 6.35. The van der Waals surface area contributed by atoms with E-state index in [1.165, 1.54) is 5.56 Å². The lowest BCUT2D eigenvalue weighted by atomic mass is 10.2. The monoisotopic (exact) mass is 264 g/mol. The summed E-state index contributed by atoms with van der Waals surface area (Å²) in [6, 6.07) is 12.9. The molecule has 0 atom stereocenters. The molecule has 0 spiro atoms. The molecule has 2 nitrogen and oxygen atoms in total. The molecule has 0 saturated carbocycles. The highest BCUT2D eigenvalue weighted by Crippen LogP contribution is 2.26. The molecular weight excluding hydrogens is 255 g/mol. The molecule has 2 aromatic carbocycles. The van der Waals surface area contributed by atoms with Crippen molar-refractivity contribution in [3.63, 3.8) is 0 Å². The molecule has 0 aliphatic carbocycles. The van der Waals surface area contributed by atoms with Crippen LogP contribution < -0.4 is 0 Å². The smallest absolute Gasteiger partial charge is 0.0886 e. The van der Waals surface area contributed by atoms with Crippen LogP contribution in [0.4, 0.5) is 11.4 Å². The van der Waals surface area contributed by atoms with Crippen LogP contribution in [0.1, 0.15) is 5.56 Å². The predicted octanol–water partition coefficient (Wildman–Crippen LogP) is 5.72. The minimum Gasteiger partial charge on any atom is -0.151 e. The second-order valence-electron chi connectivity index (χ2n) is 3.66. The second kappa shape index (κ2) is 5.30. The average molecular weight is 265 g/mol. The van der Waals surface area contributed by atoms with E-state index < -0.39 is 0 Å². The molecule has 0 aliphatic rings. The molecule has 4 heteroatoms. The zero-order chi connectivity index (χ0) is 12.3. The fourth-order valence-electron chi connectivity index (χ4n) is 1.32. The molecule has 0 aliphatic heterocycles. The Morgan fingerprint density at radius 3 is 1.88 bits per heavy atom. The van der Waals surface area contributed by atoms with Crippen molar-refractivity contribution in [3.05, 3.63) is 58.1 Å². The van der Waals surface area contributed by atoms with E-state index in [1.807, 2.05) is 31.2 Å². The molecule has 0 fully saturated rings. The third kappa shape index (κ3) is 3.55. The third-order valence-electron chi connectivity index (χ3n) is 2.16. The van der Waals surface area contributed by atoms with Crippen molar-refractivity contribution in [2.75, 3.05) is 0 Å². The van der Waals surface area contributed by atoms with Gasteiger partial charge in [-0.25, -0.2) is 0 Å². The molecule has 0 N–H and O–H groups in total.